The smallest absolute Gasteiger partial charge is 0.0746 e. The van der Waals surface area contributed by atoms with Crippen LogP contribution in [0.15, 0.2) is 6.20 Å². The highest BCUT2D eigenvalue weighted by Crippen LogP contribution is 2.14. The van der Waals surface area contributed by atoms with Gasteiger partial charge in [-0.05, 0) is 19.3 Å². The first kappa shape index (κ1) is 8.94. The lowest BCUT2D eigenvalue weighted by Crippen LogP contribution is -2.10. The van der Waals surface area contributed by atoms with Crippen molar-refractivity contribution in [3.8, 4) is 0 Å². The molecule has 0 bridgehead atoms. The Bertz CT molecular complexity index is 198. The SMILES string of the molecule is CC(Cl)C(C)Cc1cnsn1. The second-order valence-electron chi connectivity index (χ2n) is 2.76. The molecular weight excluding hydrogens is 180 g/mol. The van der Waals surface area contributed by atoms with Crippen molar-refractivity contribution < 1.29 is 0 Å². The molecule has 0 aliphatic rings. The Morgan fingerprint density at radius 2 is 2.36 bits per heavy atom. The van der Waals surface area contributed by atoms with Gasteiger partial charge in [0.25, 0.3) is 0 Å². The number of hydrogen-bond donors (Lipinski definition) is 0. The summed E-state index contributed by atoms with van der Waals surface area (Å²) in [5.74, 6) is 0.473. The second-order valence-corrected chi connectivity index (χ2v) is 4.00. The van der Waals surface area contributed by atoms with Crippen molar-refractivity contribution in [2.75, 3.05) is 0 Å². The maximum atomic E-state index is 5.90. The predicted molar refractivity (Wildman–Crippen MR) is 48.1 cm³/mol. The highest BCUT2D eigenvalue weighted by atomic mass is 35.5. The van der Waals surface area contributed by atoms with E-state index in [-0.39, 0.29) is 5.38 Å². The van der Waals surface area contributed by atoms with E-state index in [1.54, 1.807) is 6.20 Å². The van der Waals surface area contributed by atoms with Gasteiger partial charge in [0.1, 0.15) is 0 Å². The maximum Gasteiger partial charge on any atom is 0.0746 e. The van der Waals surface area contributed by atoms with Crippen LogP contribution in [-0.4, -0.2) is 14.1 Å². The van der Waals surface area contributed by atoms with Crippen molar-refractivity contribution in [1.29, 1.82) is 0 Å². The number of nitrogens with zero attached hydrogens (tertiary/aromatic N) is 2. The van der Waals surface area contributed by atoms with Crippen molar-refractivity contribution in [2.24, 2.45) is 5.92 Å². The largest absolute Gasteiger partial charge is 0.181 e. The van der Waals surface area contributed by atoms with Crippen LogP contribution in [0.1, 0.15) is 19.5 Å². The third kappa shape index (κ3) is 2.75. The van der Waals surface area contributed by atoms with E-state index in [1.807, 2.05) is 6.92 Å². The van der Waals surface area contributed by atoms with Gasteiger partial charge >= 0.3 is 0 Å². The molecule has 4 heteroatoms. The van der Waals surface area contributed by atoms with Crippen LogP contribution in [-0.2, 0) is 6.42 Å². The van der Waals surface area contributed by atoms with E-state index in [0.29, 0.717) is 5.92 Å². The van der Waals surface area contributed by atoms with E-state index in [1.165, 1.54) is 11.7 Å². The summed E-state index contributed by atoms with van der Waals surface area (Å²) >= 11 is 7.15. The molecule has 0 fully saturated rings. The van der Waals surface area contributed by atoms with Gasteiger partial charge in [-0.25, -0.2) is 0 Å². The number of halogens is 1. The minimum atomic E-state index is 0.205. The van der Waals surface area contributed by atoms with Gasteiger partial charge in [-0.15, -0.1) is 11.6 Å². The molecular formula is C7H11ClN2S. The van der Waals surface area contributed by atoms with Crippen LogP contribution in [0.3, 0.4) is 0 Å². The van der Waals surface area contributed by atoms with Crippen LogP contribution in [0.5, 0.6) is 0 Å². The van der Waals surface area contributed by atoms with Gasteiger partial charge in [-0.1, -0.05) is 6.92 Å². The molecule has 2 nitrogen and oxygen atoms in total. The number of hydrogen-bond acceptors (Lipinski definition) is 3. The Morgan fingerprint density at radius 1 is 1.64 bits per heavy atom. The topological polar surface area (TPSA) is 25.8 Å². The minimum Gasteiger partial charge on any atom is -0.181 e. The van der Waals surface area contributed by atoms with Gasteiger partial charge in [0.2, 0.25) is 0 Å². The van der Waals surface area contributed by atoms with Crippen molar-refractivity contribution in [3.05, 3.63) is 11.9 Å². The van der Waals surface area contributed by atoms with Crippen LogP contribution in [0, 0.1) is 5.92 Å². The zero-order chi connectivity index (χ0) is 8.27. The summed E-state index contributed by atoms with van der Waals surface area (Å²) < 4.78 is 8.03. The Hall–Kier alpha value is -0.150. The van der Waals surface area contributed by atoms with E-state index in [0.717, 1.165) is 12.1 Å². The highest BCUT2D eigenvalue weighted by Gasteiger charge is 2.10. The van der Waals surface area contributed by atoms with Gasteiger partial charge < -0.3 is 0 Å². The number of aromatic nitrogens is 2. The Morgan fingerprint density at radius 3 is 2.82 bits per heavy atom. The fraction of sp³-hybridized carbons (Fsp3) is 0.714. The first-order chi connectivity index (χ1) is 5.20. The first-order valence-corrected chi connectivity index (χ1v) is 4.77. The highest BCUT2D eigenvalue weighted by molar-refractivity contribution is 6.99. The van der Waals surface area contributed by atoms with E-state index in [2.05, 4.69) is 15.7 Å². The van der Waals surface area contributed by atoms with Crippen LogP contribution >= 0.6 is 23.3 Å². The molecule has 0 N–H and O–H groups in total. The molecule has 2 atom stereocenters. The molecule has 0 spiro atoms. The van der Waals surface area contributed by atoms with Gasteiger partial charge in [-0.3, -0.25) is 0 Å². The molecule has 62 valence electrons. The number of alkyl halides is 1. The molecule has 0 saturated carbocycles. The zero-order valence-electron chi connectivity index (χ0n) is 6.62. The molecule has 0 radical (unpaired) electrons. The van der Waals surface area contributed by atoms with Crippen molar-refractivity contribution in [2.45, 2.75) is 25.6 Å². The van der Waals surface area contributed by atoms with Gasteiger partial charge in [-0.2, -0.15) is 8.75 Å². The molecule has 1 aromatic rings. The Balaban J connectivity index is 2.43. The zero-order valence-corrected chi connectivity index (χ0v) is 8.19. The number of rotatable bonds is 3. The molecule has 2 unspecified atom stereocenters. The molecule has 0 aliphatic carbocycles. The maximum absolute atomic E-state index is 5.90. The summed E-state index contributed by atoms with van der Waals surface area (Å²) in [6, 6.07) is 0. The predicted octanol–water partition coefficient (Wildman–Crippen LogP) is 2.34. The molecule has 0 amide bonds. The fourth-order valence-electron chi connectivity index (χ4n) is 0.766. The molecule has 1 rings (SSSR count). The summed E-state index contributed by atoms with van der Waals surface area (Å²) in [6.07, 6.45) is 2.74. The fourth-order valence-corrected chi connectivity index (χ4v) is 1.30. The molecule has 11 heavy (non-hydrogen) atoms. The Kier molecular flexibility index (Phi) is 3.27. The van der Waals surface area contributed by atoms with Gasteiger partial charge in [0.05, 0.1) is 23.6 Å². The van der Waals surface area contributed by atoms with Gasteiger partial charge in [0, 0.05) is 5.38 Å². The van der Waals surface area contributed by atoms with Crippen LogP contribution in [0.4, 0.5) is 0 Å². The Labute approximate surface area is 75.9 Å². The molecule has 1 heterocycles. The van der Waals surface area contributed by atoms with Crippen molar-refractivity contribution >= 4 is 23.3 Å². The van der Waals surface area contributed by atoms with Crippen LogP contribution in [0.2, 0.25) is 0 Å². The minimum absolute atomic E-state index is 0.205. The van der Waals surface area contributed by atoms with Crippen LogP contribution in [0.25, 0.3) is 0 Å². The molecule has 0 aliphatic heterocycles. The van der Waals surface area contributed by atoms with E-state index in [4.69, 9.17) is 11.6 Å². The first-order valence-electron chi connectivity index (χ1n) is 3.60. The summed E-state index contributed by atoms with van der Waals surface area (Å²) in [4.78, 5) is 0. The third-order valence-electron chi connectivity index (χ3n) is 1.72. The van der Waals surface area contributed by atoms with E-state index < -0.39 is 0 Å². The molecule has 0 aromatic carbocycles. The van der Waals surface area contributed by atoms with Crippen LogP contribution < -0.4 is 0 Å². The third-order valence-corrected chi connectivity index (χ3v) is 2.67. The summed E-state index contributed by atoms with van der Waals surface area (Å²) in [7, 11) is 0. The standard InChI is InChI=1S/C7H11ClN2S/c1-5(6(2)8)3-7-4-9-11-10-7/h4-6H,3H2,1-2H3. The van der Waals surface area contributed by atoms with Crippen molar-refractivity contribution in [1.82, 2.24) is 8.75 Å². The normalized spacial score (nSPS) is 16.3. The average molecular weight is 191 g/mol. The van der Waals surface area contributed by atoms with Crippen molar-refractivity contribution in [3.63, 3.8) is 0 Å². The second kappa shape index (κ2) is 4.02. The van der Waals surface area contributed by atoms with Gasteiger partial charge in [0.15, 0.2) is 0 Å². The molecule has 0 saturated heterocycles. The van der Waals surface area contributed by atoms with E-state index in [9.17, 15) is 0 Å². The summed E-state index contributed by atoms with van der Waals surface area (Å²) in [5.41, 5.74) is 1.05. The summed E-state index contributed by atoms with van der Waals surface area (Å²) in [6.45, 7) is 4.13. The van der Waals surface area contributed by atoms with E-state index >= 15 is 0 Å². The lowest BCUT2D eigenvalue weighted by Gasteiger charge is -2.10. The lowest BCUT2D eigenvalue weighted by atomic mass is 10.0. The lowest BCUT2D eigenvalue weighted by molar-refractivity contribution is 0.562. The molecule has 1 aromatic heterocycles. The quantitative estimate of drug-likeness (QED) is 0.684. The average Bonchev–Trinajstić information content (AvgIpc) is 2.39. The monoisotopic (exact) mass is 190 g/mol. The summed E-state index contributed by atoms with van der Waals surface area (Å²) in [5, 5.41) is 0.205.